The molecule has 6 aromatic carbocycles. The maximum Gasteiger partial charge on any atom is 0.266 e. The van der Waals surface area contributed by atoms with Crippen LogP contribution in [0.15, 0.2) is 112 Å². The molecule has 9 nitrogen and oxygen atoms in total. The van der Waals surface area contributed by atoms with E-state index in [0.29, 0.717) is 44.7 Å². The minimum Gasteiger partial charge on any atom is -0.268 e. The van der Waals surface area contributed by atoms with Gasteiger partial charge in [0.15, 0.2) is 28.4 Å². The molecule has 54 heavy (non-hydrogen) atoms. The summed E-state index contributed by atoms with van der Waals surface area (Å²) in [7, 11) is 0. The lowest BCUT2D eigenvalue weighted by molar-refractivity contribution is 0.473. The zero-order chi connectivity index (χ0) is 35.8. The van der Waals surface area contributed by atoms with Crippen molar-refractivity contribution < 1.29 is 0 Å². The Morgan fingerprint density at radius 1 is 0.611 bits per heavy atom. The van der Waals surface area contributed by atoms with Crippen molar-refractivity contribution in [3.05, 3.63) is 124 Å². The Labute approximate surface area is 304 Å². The molecule has 1 aliphatic heterocycles. The molecule has 0 fully saturated rings. The molecule has 0 spiro atoms. The first kappa shape index (κ1) is 28.7. The number of nitrogens with zero attached hydrogens (tertiary/aromatic N) is 7. The summed E-state index contributed by atoms with van der Waals surface area (Å²) in [6.45, 7) is 4.42. The maximum atomic E-state index is 14.7. The topological polar surface area (TPSA) is 107 Å². The van der Waals surface area contributed by atoms with Crippen LogP contribution < -0.4 is 11.1 Å². The molecule has 9 heteroatoms. The van der Waals surface area contributed by atoms with E-state index in [4.69, 9.17) is 24.9 Å². The lowest BCUT2D eigenvalue weighted by atomic mass is 9.75. The van der Waals surface area contributed by atoms with Crippen LogP contribution in [0.5, 0.6) is 0 Å². The van der Waals surface area contributed by atoms with Gasteiger partial charge in [-0.05, 0) is 87.6 Å². The summed E-state index contributed by atoms with van der Waals surface area (Å²) in [6, 6.07) is 24.1. The molecule has 0 saturated carbocycles. The third-order valence-electron chi connectivity index (χ3n) is 12.5. The molecule has 5 aromatic heterocycles. The summed E-state index contributed by atoms with van der Waals surface area (Å²) in [6.07, 6.45) is 10.3. The van der Waals surface area contributed by atoms with E-state index >= 15 is 0 Å². The molecule has 2 unspecified atom stereocenters. The normalized spacial score (nSPS) is 20.1. The number of para-hydroxylation sites is 2. The van der Waals surface area contributed by atoms with Gasteiger partial charge in [0.25, 0.3) is 11.1 Å². The number of hydrogen-bond acceptors (Lipinski definition) is 7. The number of rotatable bonds is 0. The van der Waals surface area contributed by atoms with Crippen LogP contribution in [-0.2, 0) is 0 Å². The van der Waals surface area contributed by atoms with Crippen LogP contribution in [0.1, 0.15) is 38.3 Å². The van der Waals surface area contributed by atoms with Crippen LogP contribution in [0.25, 0.3) is 98.3 Å². The molecule has 0 bridgehead atoms. The standard InChI is InChI=1S/C45H27N7O2/c1-21-18-20-45(2)19-6-5-9-32(45)48-38-37(21)51-40(49-38)26-14-10-22-25-13-17-29-36-27(15-11-23(34(25)36)24-12-16-28(43(51)53)35(26)33(22)24)41-50-39-42(52(41)44(29)54)47-31-8-4-3-7-30(31)46-39/h3-17,19,21H,18,20H2,1-2H3/b48-32-. The Morgan fingerprint density at radius 2 is 1.17 bits per heavy atom. The summed E-state index contributed by atoms with van der Waals surface area (Å²) in [4.78, 5) is 54.0. The number of imidazole rings is 2. The third kappa shape index (κ3) is 3.26. The molecular formula is C45H27N7O2. The van der Waals surface area contributed by atoms with Gasteiger partial charge in [-0.25, -0.2) is 29.3 Å². The average molecular weight is 698 g/mol. The highest BCUT2D eigenvalue weighted by Crippen LogP contribution is 2.47. The first-order valence-corrected chi connectivity index (χ1v) is 18.4. The second kappa shape index (κ2) is 9.37. The predicted octanol–water partition coefficient (Wildman–Crippen LogP) is 9.13. The van der Waals surface area contributed by atoms with Crippen molar-refractivity contribution in [3.8, 4) is 0 Å². The van der Waals surface area contributed by atoms with Crippen molar-refractivity contribution in [2.24, 2.45) is 10.4 Å². The summed E-state index contributed by atoms with van der Waals surface area (Å²) in [5.74, 6) is 0.719. The van der Waals surface area contributed by atoms with Crippen LogP contribution in [0, 0.1) is 5.41 Å². The third-order valence-corrected chi connectivity index (χ3v) is 12.5. The highest BCUT2D eigenvalue weighted by atomic mass is 16.1. The molecule has 0 N–H and O–H groups in total. The quantitative estimate of drug-likeness (QED) is 0.116. The lowest BCUT2D eigenvalue weighted by Gasteiger charge is -2.31. The molecule has 11 aromatic rings. The fourth-order valence-corrected chi connectivity index (χ4v) is 9.85. The zero-order valence-electron chi connectivity index (χ0n) is 29.2. The van der Waals surface area contributed by atoms with E-state index in [9.17, 15) is 9.59 Å². The van der Waals surface area contributed by atoms with Crippen molar-refractivity contribution in [1.29, 1.82) is 0 Å². The molecule has 254 valence electrons. The van der Waals surface area contributed by atoms with Crippen molar-refractivity contribution in [2.75, 3.05) is 0 Å². The molecule has 0 radical (unpaired) electrons. The second-order valence-electron chi connectivity index (χ2n) is 15.4. The monoisotopic (exact) mass is 697 g/mol. The van der Waals surface area contributed by atoms with Gasteiger partial charge >= 0.3 is 0 Å². The number of hydrogen-bond donors (Lipinski definition) is 0. The Bertz CT molecular complexity index is 3740. The molecule has 2 aliphatic rings. The van der Waals surface area contributed by atoms with Gasteiger partial charge in [-0.1, -0.05) is 68.5 Å². The van der Waals surface area contributed by atoms with Crippen molar-refractivity contribution >= 4 is 110 Å². The Kier molecular flexibility index (Phi) is 4.98. The lowest BCUT2D eigenvalue weighted by Crippen LogP contribution is -2.27. The van der Waals surface area contributed by atoms with Gasteiger partial charge in [0.2, 0.25) is 0 Å². The van der Waals surface area contributed by atoms with Gasteiger partial charge in [0, 0.05) is 43.7 Å². The van der Waals surface area contributed by atoms with Gasteiger partial charge < -0.3 is 0 Å². The van der Waals surface area contributed by atoms with Crippen LogP contribution >= 0.6 is 0 Å². The minimum absolute atomic E-state index is 0.0696. The van der Waals surface area contributed by atoms with Crippen molar-refractivity contribution in [3.63, 3.8) is 0 Å². The molecule has 6 heterocycles. The smallest absolute Gasteiger partial charge is 0.266 e. The van der Waals surface area contributed by atoms with Crippen LogP contribution in [0.4, 0.5) is 5.82 Å². The predicted molar refractivity (Wildman–Crippen MR) is 217 cm³/mol. The molecule has 1 aliphatic carbocycles. The van der Waals surface area contributed by atoms with Gasteiger partial charge in [-0.2, -0.15) is 0 Å². The van der Waals surface area contributed by atoms with E-state index in [1.54, 1.807) is 4.40 Å². The molecule has 0 saturated heterocycles. The minimum atomic E-state index is -0.174. The SMILES string of the molecule is CC1CCC2(C)C=CC=C/C2=N/c2nc3c4ccc5c6ccc7c(=O)n8c9nc%10ccccc%10nc9nc8c8ccc(c9ccc(c(=O)n3c21)c4c59)c6c78. The fourth-order valence-electron chi connectivity index (χ4n) is 9.85. The first-order valence-electron chi connectivity index (χ1n) is 18.4. The zero-order valence-corrected chi connectivity index (χ0v) is 29.2. The van der Waals surface area contributed by atoms with Crippen LogP contribution in [0.2, 0.25) is 0 Å². The van der Waals surface area contributed by atoms with Crippen molar-refractivity contribution in [1.82, 2.24) is 28.7 Å². The highest BCUT2D eigenvalue weighted by molar-refractivity contribution is 6.40. The Balaban J connectivity index is 1.15. The van der Waals surface area contributed by atoms with Gasteiger partial charge in [0.05, 0.1) is 22.4 Å². The molecule has 2 atom stereocenters. The van der Waals surface area contributed by atoms with E-state index in [1.165, 1.54) is 0 Å². The molecular weight excluding hydrogens is 671 g/mol. The van der Waals surface area contributed by atoms with Crippen LogP contribution in [-0.4, -0.2) is 34.4 Å². The molecule has 0 amide bonds. The average Bonchev–Trinajstić information content (AvgIpc) is 3.76. The number of benzene rings is 6. The maximum absolute atomic E-state index is 14.7. The number of aliphatic imine (C=N–C) groups is 1. The van der Waals surface area contributed by atoms with Gasteiger partial charge in [-0.3, -0.25) is 14.0 Å². The number of fused-ring (bicyclic) bond motifs is 12. The summed E-state index contributed by atoms with van der Waals surface area (Å²) < 4.78 is 3.45. The van der Waals surface area contributed by atoms with E-state index in [2.05, 4.69) is 68.5 Å². The first-order chi connectivity index (χ1) is 26.4. The largest absolute Gasteiger partial charge is 0.268 e. The van der Waals surface area contributed by atoms with E-state index in [1.807, 2.05) is 46.9 Å². The fraction of sp³-hybridized carbons (Fsp3) is 0.133. The number of aromatic nitrogens is 6. The second-order valence-corrected chi connectivity index (χ2v) is 15.4. The van der Waals surface area contributed by atoms with Gasteiger partial charge in [0.1, 0.15) is 0 Å². The Hall–Kier alpha value is -6.87. The van der Waals surface area contributed by atoms with E-state index in [-0.39, 0.29) is 22.5 Å². The van der Waals surface area contributed by atoms with Crippen LogP contribution in [0.3, 0.4) is 0 Å². The molecule has 13 rings (SSSR count). The van der Waals surface area contributed by atoms with Crippen molar-refractivity contribution in [2.45, 2.75) is 32.6 Å². The number of pyridine rings is 2. The summed E-state index contributed by atoms with van der Waals surface area (Å²) in [5.41, 5.74) is 4.97. The highest BCUT2D eigenvalue weighted by Gasteiger charge is 2.34. The Morgan fingerprint density at radius 3 is 1.83 bits per heavy atom. The van der Waals surface area contributed by atoms with Gasteiger partial charge in [-0.15, -0.1) is 0 Å². The van der Waals surface area contributed by atoms with E-state index < -0.39 is 0 Å². The number of allylic oxidation sites excluding steroid dienone is 4. The summed E-state index contributed by atoms with van der Waals surface area (Å²) in [5, 5.41) is 11.0. The summed E-state index contributed by atoms with van der Waals surface area (Å²) >= 11 is 0. The van der Waals surface area contributed by atoms with E-state index in [0.717, 1.165) is 83.6 Å².